The summed E-state index contributed by atoms with van der Waals surface area (Å²) in [6.07, 6.45) is 0. The minimum Gasteiger partial charge on any atom is -0.507 e. The maximum atomic E-state index is 11.9. The normalized spacial score (nSPS) is 9.95. The molecule has 0 radical (unpaired) electrons. The molecule has 0 heterocycles. The lowest BCUT2D eigenvalue weighted by atomic mass is 10.1. The number of methoxy groups -OCH3 is 1. The molecule has 0 saturated heterocycles. The van der Waals surface area contributed by atoms with E-state index in [0.717, 1.165) is 0 Å². The van der Waals surface area contributed by atoms with Gasteiger partial charge in [-0.2, -0.15) is 0 Å². The third-order valence-electron chi connectivity index (χ3n) is 2.62. The van der Waals surface area contributed by atoms with Gasteiger partial charge in [0.25, 0.3) is 0 Å². The van der Waals surface area contributed by atoms with Crippen molar-refractivity contribution in [1.82, 2.24) is 0 Å². The number of para-hydroxylation sites is 1. The lowest BCUT2D eigenvalue weighted by molar-refractivity contribution is 0.0919. The molecule has 0 saturated carbocycles. The molecule has 0 atom stereocenters. The summed E-state index contributed by atoms with van der Waals surface area (Å²) in [6.45, 7) is -0.121. The van der Waals surface area contributed by atoms with Crippen molar-refractivity contribution in [2.24, 2.45) is 0 Å². The largest absolute Gasteiger partial charge is 0.507 e. The summed E-state index contributed by atoms with van der Waals surface area (Å²) in [4.78, 5) is 11.9. The van der Waals surface area contributed by atoms with Gasteiger partial charge in [0.15, 0.2) is 6.61 Å². The summed E-state index contributed by atoms with van der Waals surface area (Å²) in [5, 5.41) is 9.73. The number of hydrogen-bond acceptors (Lipinski definition) is 4. The van der Waals surface area contributed by atoms with Gasteiger partial charge < -0.3 is 14.6 Å². The Balaban J connectivity index is 2.04. The molecule has 0 fully saturated rings. The second kappa shape index (κ2) is 5.91. The first-order chi connectivity index (χ1) is 9.20. The van der Waals surface area contributed by atoms with Crippen LogP contribution in [0.2, 0.25) is 0 Å². The number of carbonyl (C=O) groups excluding carboxylic acids is 1. The van der Waals surface area contributed by atoms with Crippen molar-refractivity contribution in [3.8, 4) is 17.2 Å². The van der Waals surface area contributed by atoms with Crippen molar-refractivity contribution < 1.29 is 19.4 Å². The maximum Gasteiger partial charge on any atom is 0.203 e. The number of hydrogen-bond donors (Lipinski definition) is 1. The van der Waals surface area contributed by atoms with Crippen LogP contribution < -0.4 is 9.47 Å². The second-order valence-electron chi connectivity index (χ2n) is 3.91. The molecule has 4 nitrogen and oxygen atoms in total. The van der Waals surface area contributed by atoms with Gasteiger partial charge in [-0.3, -0.25) is 4.79 Å². The summed E-state index contributed by atoms with van der Waals surface area (Å²) in [5.41, 5.74) is 0.219. The molecule has 0 spiro atoms. The topological polar surface area (TPSA) is 55.8 Å². The molecule has 4 heteroatoms. The smallest absolute Gasteiger partial charge is 0.203 e. The SMILES string of the molecule is COc1ccc(C(=O)COc2ccccc2)c(O)c1. The van der Waals surface area contributed by atoms with Crippen LogP contribution >= 0.6 is 0 Å². The van der Waals surface area contributed by atoms with E-state index in [2.05, 4.69) is 0 Å². The van der Waals surface area contributed by atoms with E-state index >= 15 is 0 Å². The van der Waals surface area contributed by atoms with Crippen molar-refractivity contribution in [3.05, 3.63) is 54.1 Å². The predicted octanol–water partition coefficient (Wildman–Crippen LogP) is 2.66. The van der Waals surface area contributed by atoms with Crippen LogP contribution in [0.25, 0.3) is 0 Å². The van der Waals surface area contributed by atoms with E-state index in [4.69, 9.17) is 9.47 Å². The van der Waals surface area contributed by atoms with Gasteiger partial charge in [-0.1, -0.05) is 18.2 Å². The van der Waals surface area contributed by atoms with Gasteiger partial charge in [0.05, 0.1) is 12.7 Å². The number of rotatable bonds is 5. The van der Waals surface area contributed by atoms with Crippen LogP contribution in [-0.2, 0) is 0 Å². The van der Waals surface area contributed by atoms with Gasteiger partial charge in [-0.25, -0.2) is 0 Å². The van der Waals surface area contributed by atoms with E-state index in [0.29, 0.717) is 11.5 Å². The standard InChI is InChI=1S/C15H14O4/c1-18-12-7-8-13(14(16)9-12)15(17)10-19-11-5-3-2-4-6-11/h2-9,16H,10H2,1H3. The minimum absolute atomic E-state index is 0.110. The van der Waals surface area contributed by atoms with Crippen LogP contribution in [0, 0.1) is 0 Å². The van der Waals surface area contributed by atoms with Crippen LogP contribution in [-0.4, -0.2) is 24.6 Å². The Hall–Kier alpha value is -2.49. The van der Waals surface area contributed by atoms with Crippen molar-refractivity contribution >= 4 is 5.78 Å². The first-order valence-corrected chi connectivity index (χ1v) is 5.79. The molecule has 0 aliphatic carbocycles. The van der Waals surface area contributed by atoms with Crippen molar-refractivity contribution in [2.75, 3.05) is 13.7 Å². The number of benzene rings is 2. The number of ketones is 1. The molecule has 2 aromatic carbocycles. The van der Waals surface area contributed by atoms with Gasteiger partial charge >= 0.3 is 0 Å². The molecular weight excluding hydrogens is 244 g/mol. The molecule has 0 aliphatic rings. The van der Waals surface area contributed by atoms with E-state index in [1.54, 1.807) is 18.2 Å². The van der Waals surface area contributed by atoms with Crippen molar-refractivity contribution in [2.45, 2.75) is 0 Å². The molecule has 1 N–H and O–H groups in total. The highest BCUT2D eigenvalue weighted by Crippen LogP contribution is 2.24. The Labute approximate surface area is 111 Å². The zero-order chi connectivity index (χ0) is 13.7. The van der Waals surface area contributed by atoms with Crippen molar-refractivity contribution in [3.63, 3.8) is 0 Å². The van der Waals surface area contributed by atoms with E-state index in [1.165, 1.54) is 19.2 Å². The quantitative estimate of drug-likeness (QED) is 0.838. The number of Topliss-reactive ketones (excluding diaryl/α,β-unsaturated/α-hetero) is 1. The summed E-state index contributed by atoms with van der Waals surface area (Å²) < 4.78 is 10.3. The minimum atomic E-state index is -0.288. The Morgan fingerprint density at radius 3 is 2.47 bits per heavy atom. The molecule has 0 bridgehead atoms. The first kappa shape index (κ1) is 13.0. The lowest BCUT2D eigenvalue weighted by Gasteiger charge is -2.07. The number of phenols is 1. The molecule has 98 valence electrons. The average Bonchev–Trinajstić information content (AvgIpc) is 2.45. The second-order valence-corrected chi connectivity index (χ2v) is 3.91. The third-order valence-corrected chi connectivity index (χ3v) is 2.62. The van der Waals surface area contributed by atoms with Crippen LogP contribution in [0.5, 0.6) is 17.2 Å². The highest BCUT2D eigenvalue weighted by atomic mass is 16.5. The number of carbonyl (C=O) groups is 1. The predicted molar refractivity (Wildman–Crippen MR) is 70.9 cm³/mol. The first-order valence-electron chi connectivity index (χ1n) is 5.79. The van der Waals surface area contributed by atoms with E-state index in [9.17, 15) is 9.90 Å². The van der Waals surface area contributed by atoms with Gasteiger partial charge in [0, 0.05) is 6.07 Å². The number of aromatic hydroxyl groups is 1. The van der Waals surface area contributed by atoms with Crippen LogP contribution in [0.15, 0.2) is 48.5 Å². The highest BCUT2D eigenvalue weighted by molar-refractivity contribution is 5.99. The molecule has 19 heavy (non-hydrogen) atoms. The lowest BCUT2D eigenvalue weighted by Crippen LogP contribution is -2.11. The monoisotopic (exact) mass is 258 g/mol. The van der Waals surface area contributed by atoms with Crippen LogP contribution in [0.1, 0.15) is 10.4 Å². The van der Waals surface area contributed by atoms with Crippen LogP contribution in [0.4, 0.5) is 0 Å². The zero-order valence-electron chi connectivity index (χ0n) is 10.5. The molecule has 2 rings (SSSR count). The van der Waals surface area contributed by atoms with Gasteiger partial charge in [0.1, 0.15) is 17.2 Å². The number of ether oxygens (including phenoxy) is 2. The van der Waals surface area contributed by atoms with Crippen molar-refractivity contribution in [1.29, 1.82) is 0 Å². The maximum absolute atomic E-state index is 11.9. The fourth-order valence-corrected chi connectivity index (χ4v) is 1.62. The summed E-state index contributed by atoms with van der Waals surface area (Å²) >= 11 is 0. The van der Waals surface area contributed by atoms with Gasteiger partial charge in [0.2, 0.25) is 5.78 Å². The fraction of sp³-hybridized carbons (Fsp3) is 0.133. The van der Waals surface area contributed by atoms with Crippen LogP contribution in [0.3, 0.4) is 0 Å². The van der Waals surface area contributed by atoms with Gasteiger partial charge in [-0.05, 0) is 24.3 Å². The molecule has 2 aromatic rings. The Bertz CT molecular complexity index is 564. The van der Waals surface area contributed by atoms with Gasteiger partial charge in [-0.15, -0.1) is 0 Å². The third kappa shape index (κ3) is 3.25. The van der Waals surface area contributed by atoms with E-state index < -0.39 is 0 Å². The summed E-state index contributed by atoms with van der Waals surface area (Å²) in [6, 6.07) is 13.6. The summed E-state index contributed by atoms with van der Waals surface area (Å²) in [7, 11) is 1.49. The Morgan fingerprint density at radius 1 is 1.11 bits per heavy atom. The molecule has 0 unspecified atom stereocenters. The zero-order valence-corrected chi connectivity index (χ0v) is 10.5. The Kier molecular flexibility index (Phi) is 4.03. The Morgan fingerprint density at radius 2 is 1.84 bits per heavy atom. The molecule has 0 aromatic heterocycles. The molecule has 0 amide bonds. The van der Waals surface area contributed by atoms with E-state index in [-0.39, 0.29) is 23.7 Å². The molecule has 0 aliphatic heterocycles. The average molecular weight is 258 g/mol. The highest BCUT2D eigenvalue weighted by Gasteiger charge is 2.12. The van der Waals surface area contributed by atoms with E-state index in [1.807, 2.05) is 18.2 Å². The number of phenolic OH excluding ortho intramolecular Hbond substituents is 1. The summed E-state index contributed by atoms with van der Waals surface area (Å²) in [5.74, 6) is 0.715. The molecular formula is C15H14O4. The fourth-order valence-electron chi connectivity index (χ4n) is 1.62.